The van der Waals surface area contributed by atoms with Gasteiger partial charge >= 0.3 is 0 Å². The maximum absolute atomic E-state index is 12.1. The normalized spacial score (nSPS) is 24.4. The second kappa shape index (κ2) is 7.23. The number of likely N-dealkylation sites (tertiary alicyclic amines) is 1. The quantitative estimate of drug-likeness (QED) is 0.726. The van der Waals surface area contributed by atoms with Gasteiger partial charge in [0.05, 0.1) is 6.54 Å². The van der Waals surface area contributed by atoms with E-state index in [9.17, 15) is 4.79 Å². The van der Waals surface area contributed by atoms with Gasteiger partial charge in [0.15, 0.2) is 0 Å². The van der Waals surface area contributed by atoms with Gasteiger partial charge in [-0.15, -0.1) is 0 Å². The van der Waals surface area contributed by atoms with Gasteiger partial charge < -0.3 is 9.80 Å². The fourth-order valence-electron chi connectivity index (χ4n) is 4.00. The van der Waals surface area contributed by atoms with Crippen LogP contribution in [0, 0.1) is 29.1 Å². The molecule has 2 heterocycles. The molecule has 0 aromatic heterocycles. The van der Waals surface area contributed by atoms with Crippen molar-refractivity contribution in [3.05, 3.63) is 0 Å². The van der Waals surface area contributed by atoms with Crippen LogP contribution in [0.25, 0.3) is 0 Å². The summed E-state index contributed by atoms with van der Waals surface area (Å²) in [5.41, 5.74) is 0.462. The van der Waals surface area contributed by atoms with Crippen molar-refractivity contribution in [2.45, 2.75) is 34.1 Å². The summed E-state index contributed by atoms with van der Waals surface area (Å²) in [6.07, 6.45) is 2.62. The van der Waals surface area contributed by atoms with Crippen molar-refractivity contribution in [1.29, 1.82) is 0 Å². The van der Waals surface area contributed by atoms with Crippen molar-refractivity contribution in [2.24, 2.45) is 17.3 Å². The van der Waals surface area contributed by atoms with Gasteiger partial charge in [-0.2, -0.15) is 0 Å². The Balaban J connectivity index is 0.00000192. The summed E-state index contributed by atoms with van der Waals surface area (Å²) < 4.78 is 0. The van der Waals surface area contributed by atoms with E-state index in [4.69, 9.17) is 0 Å². The van der Waals surface area contributed by atoms with Crippen LogP contribution >= 0.6 is 0 Å². The summed E-state index contributed by atoms with van der Waals surface area (Å²) in [5.74, 6) is 7.62. The van der Waals surface area contributed by atoms with E-state index < -0.39 is 0 Å². The van der Waals surface area contributed by atoms with E-state index in [0.717, 1.165) is 57.6 Å². The van der Waals surface area contributed by atoms with E-state index >= 15 is 0 Å². The Morgan fingerprint density at radius 2 is 1.78 bits per heavy atom. The molecule has 3 fully saturated rings. The zero-order valence-electron chi connectivity index (χ0n) is 14.3. The van der Waals surface area contributed by atoms with Crippen molar-refractivity contribution in [1.82, 2.24) is 14.7 Å². The van der Waals surface area contributed by atoms with Crippen LogP contribution in [0.3, 0.4) is 0 Å². The molecule has 4 heteroatoms. The van der Waals surface area contributed by atoms with Crippen molar-refractivity contribution in [2.75, 3.05) is 52.9 Å². The lowest BCUT2D eigenvalue weighted by molar-refractivity contribution is -0.151. The molecule has 1 saturated carbocycles. The van der Waals surface area contributed by atoms with E-state index in [1.807, 2.05) is 4.90 Å². The first-order chi connectivity index (χ1) is 10.5. The maximum Gasteiger partial charge on any atom is 0.298 e. The van der Waals surface area contributed by atoms with Crippen LogP contribution in [-0.4, -0.2) is 73.5 Å². The molecule has 2 aliphatic heterocycles. The predicted molar refractivity (Wildman–Crippen MR) is 95.0 cm³/mol. The summed E-state index contributed by atoms with van der Waals surface area (Å²) in [4.78, 5) is 18.7. The van der Waals surface area contributed by atoms with Crippen molar-refractivity contribution < 1.29 is 4.79 Å². The molecule has 0 unspecified atom stereocenters. The lowest BCUT2D eigenvalue weighted by atomic mass is 9.55. The Kier molecular flexibility index (Phi) is 5.75. The summed E-state index contributed by atoms with van der Waals surface area (Å²) in [6, 6.07) is 0. The zero-order chi connectivity index (χ0) is 15.7. The van der Waals surface area contributed by atoms with Crippen LogP contribution in [0.1, 0.15) is 34.1 Å². The molecule has 2 saturated heterocycles. The Labute approximate surface area is 142 Å². The predicted octanol–water partition coefficient (Wildman–Crippen LogP) is 1.77. The van der Waals surface area contributed by atoms with E-state index in [-0.39, 0.29) is 13.3 Å². The van der Waals surface area contributed by atoms with Crippen molar-refractivity contribution in [3.63, 3.8) is 0 Å². The highest BCUT2D eigenvalue weighted by molar-refractivity contribution is 5.94. The molecule has 130 valence electrons. The van der Waals surface area contributed by atoms with Gasteiger partial charge in [-0.1, -0.05) is 27.2 Å². The smallest absolute Gasteiger partial charge is 0.298 e. The number of hydrogen-bond donors (Lipinski definition) is 0. The zero-order valence-corrected chi connectivity index (χ0v) is 14.3. The summed E-state index contributed by atoms with van der Waals surface area (Å²) in [5, 5.41) is 0. The van der Waals surface area contributed by atoms with Crippen molar-refractivity contribution in [3.8, 4) is 11.8 Å². The third kappa shape index (κ3) is 4.08. The molecule has 1 amide bonds. The van der Waals surface area contributed by atoms with E-state index in [1.54, 1.807) is 0 Å². The first kappa shape index (κ1) is 18.3. The summed E-state index contributed by atoms with van der Waals surface area (Å²) in [6.45, 7) is 11.5. The minimum atomic E-state index is 0. The second-order valence-electron chi connectivity index (χ2n) is 7.95. The lowest BCUT2D eigenvalue weighted by Gasteiger charge is -2.59. The van der Waals surface area contributed by atoms with Gasteiger partial charge in [0.25, 0.3) is 5.91 Å². The van der Waals surface area contributed by atoms with Crippen LogP contribution in [0.15, 0.2) is 0 Å². The minimum Gasteiger partial charge on any atom is -0.331 e. The molecule has 1 spiro atoms. The topological polar surface area (TPSA) is 26.8 Å². The Morgan fingerprint density at radius 3 is 2.35 bits per heavy atom. The average Bonchev–Trinajstić information content (AvgIpc) is 2.37. The Morgan fingerprint density at radius 1 is 1.17 bits per heavy atom. The molecule has 0 aromatic rings. The molecule has 4 nitrogen and oxygen atoms in total. The van der Waals surface area contributed by atoms with Gasteiger partial charge in [0.2, 0.25) is 0 Å². The van der Waals surface area contributed by atoms with E-state index in [2.05, 4.69) is 42.5 Å². The van der Waals surface area contributed by atoms with Crippen LogP contribution in [0.4, 0.5) is 0 Å². The average molecular weight is 319 g/mol. The number of carbonyl (C=O) groups is 1. The Hall–Kier alpha value is -1.05. The first-order valence-corrected chi connectivity index (χ1v) is 8.66. The molecule has 0 radical (unpaired) electrons. The van der Waals surface area contributed by atoms with Gasteiger partial charge in [0.1, 0.15) is 0 Å². The summed E-state index contributed by atoms with van der Waals surface area (Å²) in [7, 11) is 2.15. The highest BCUT2D eigenvalue weighted by Gasteiger charge is 2.53. The fourth-order valence-corrected chi connectivity index (χ4v) is 4.00. The lowest BCUT2D eigenvalue weighted by Crippen LogP contribution is -2.64. The number of piperazine rings is 1. The monoisotopic (exact) mass is 319 g/mol. The van der Waals surface area contributed by atoms with E-state index in [0.29, 0.717) is 5.41 Å². The highest BCUT2D eigenvalue weighted by atomic mass is 16.2. The van der Waals surface area contributed by atoms with Crippen LogP contribution in [0.2, 0.25) is 0 Å². The number of nitrogens with zero attached hydrogens (tertiary/aromatic N) is 3. The second-order valence-corrected chi connectivity index (χ2v) is 7.95. The molecule has 0 aromatic carbocycles. The summed E-state index contributed by atoms with van der Waals surface area (Å²) >= 11 is 0. The van der Waals surface area contributed by atoms with E-state index in [1.165, 1.54) is 12.8 Å². The third-order valence-electron chi connectivity index (χ3n) is 5.77. The molecule has 1 aliphatic carbocycles. The van der Waals surface area contributed by atoms with Gasteiger partial charge in [-0.05, 0) is 37.6 Å². The Bertz CT molecular complexity index is 469. The number of carbonyl (C=O) groups excluding carboxylic acids is 1. The standard InChI is InChI=1S/C18H29N3O.CH4/c1-15(2)16-11-18(12-16)13-21(14-18)17(22)5-4-6-20-9-7-19(3)8-10-20;/h15-16H,6-14H2,1-3H3;1H4. The van der Waals surface area contributed by atoms with Crippen LogP contribution < -0.4 is 0 Å². The molecule has 0 atom stereocenters. The number of hydrogen-bond acceptors (Lipinski definition) is 3. The van der Waals surface area contributed by atoms with Crippen molar-refractivity contribution >= 4 is 5.91 Å². The molecule has 3 rings (SSSR count). The molecule has 0 N–H and O–H groups in total. The van der Waals surface area contributed by atoms with Gasteiger partial charge in [-0.25, -0.2) is 0 Å². The molecular formula is C19H33N3O. The SMILES string of the molecule is C.CC(C)C1CC2(C1)CN(C(=O)C#CCN1CCN(C)CC1)C2. The van der Waals surface area contributed by atoms with Crippen LogP contribution in [0.5, 0.6) is 0 Å². The molecule has 23 heavy (non-hydrogen) atoms. The highest BCUT2D eigenvalue weighted by Crippen LogP contribution is 2.54. The van der Waals surface area contributed by atoms with Crippen LogP contribution in [-0.2, 0) is 4.79 Å². The maximum atomic E-state index is 12.1. The molecular weight excluding hydrogens is 286 g/mol. The minimum absolute atomic E-state index is 0. The van der Waals surface area contributed by atoms with Gasteiger partial charge in [0, 0.05) is 44.7 Å². The first-order valence-electron chi connectivity index (χ1n) is 8.66. The number of amides is 1. The number of rotatable bonds is 2. The molecule has 3 aliphatic rings. The van der Waals surface area contributed by atoms with Gasteiger partial charge in [-0.3, -0.25) is 9.69 Å². The molecule has 0 bridgehead atoms. The largest absolute Gasteiger partial charge is 0.331 e. The fraction of sp³-hybridized carbons (Fsp3) is 0.842. The third-order valence-corrected chi connectivity index (χ3v) is 5.77. The number of likely N-dealkylation sites (N-methyl/N-ethyl adjacent to an activating group) is 1.